The molecule has 96 valence electrons. The van der Waals surface area contributed by atoms with Gasteiger partial charge in [-0.05, 0) is 32.4 Å². The molecule has 0 saturated heterocycles. The molecule has 1 aromatic carbocycles. The highest BCUT2D eigenvalue weighted by atomic mass is 19.1. The summed E-state index contributed by atoms with van der Waals surface area (Å²) in [7, 11) is 0. The molecule has 0 saturated carbocycles. The van der Waals surface area contributed by atoms with Crippen LogP contribution in [0.25, 0.3) is 0 Å². The Morgan fingerprint density at radius 3 is 2.72 bits per heavy atom. The minimum Gasteiger partial charge on any atom is -0.394 e. The number of para-hydroxylation sites is 1. The minimum atomic E-state index is -0.295. The summed E-state index contributed by atoms with van der Waals surface area (Å²) < 4.78 is 15.5. The van der Waals surface area contributed by atoms with Gasteiger partial charge in [-0.25, -0.2) is 9.07 Å². The molecule has 0 aliphatic carbocycles. The van der Waals surface area contributed by atoms with Crippen molar-refractivity contribution in [3.8, 4) is 0 Å². The van der Waals surface area contributed by atoms with Crippen LogP contribution in [-0.2, 0) is 6.54 Å². The molecule has 3 N–H and O–H groups in total. The number of nitrogens with two attached hydrogens (primary N) is 1. The molecular weight excluding hydrogens is 231 g/mol. The van der Waals surface area contributed by atoms with E-state index in [1.165, 1.54) is 6.07 Å². The molecule has 4 nitrogen and oxygen atoms in total. The van der Waals surface area contributed by atoms with E-state index in [-0.39, 0.29) is 5.82 Å². The fourth-order valence-corrected chi connectivity index (χ4v) is 1.86. The molecule has 18 heavy (non-hydrogen) atoms. The first kappa shape index (κ1) is 12.4. The number of nitrogens with one attached hydrogen (secondary N) is 1. The normalized spacial score (nSPS) is 10.7. The Labute approximate surface area is 106 Å². The van der Waals surface area contributed by atoms with Crippen molar-refractivity contribution in [2.24, 2.45) is 0 Å². The highest BCUT2D eigenvalue weighted by Crippen LogP contribution is 2.29. The van der Waals surface area contributed by atoms with Crippen molar-refractivity contribution < 1.29 is 4.39 Å². The number of benzene rings is 1. The lowest BCUT2D eigenvalue weighted by atomic mass is 10.2. The summed E-state index contributed by atoms with van der Waals surface area (Å²) in [5.74, 6) is 0.346. The first-order chi connectivity index (χ1) is 8.54. The van der Waals surface area contributed by atoms with Crippen LogP contribution in [0.1, 0.15) is 18.2 Å². The van der Waals surface area contributed by atoms with E-state index < -0.39 is 0 Å². The maximum Gasteiger partial charge on any atom is 0.152 e. The quantitative estimate of drug-likeness (QED) is 0.878. The van der Waals surface area contributed by atoms with Crippen LogP contribution in [0.5, 0.6) is 0 Å². The Bertz CT molecular complexity index is 554. The molecule has 2 aromatic rings. The Morgan fingerprint density at radius 2 is 2.11 bits per heavy atom. The second-order valence-corrected chi connectivity index (χ2v) is 4.22. The third-order valence-corrected chi connectivity index (χ3v) is 2.94. The summed E-state index contributed by atoms with van der Waals surface area (Å²) in [5, 5.41) is 7.34. The zero-order chi connectivity index (χ0) is 13.3. The van der Waals surface area contributed by atoms with Crippen molar-refractivity contribution in [2.45, 2.75) is 27.3 Å². The fourth-order valence-electron chi connectivity index (χ4n) is 1.86. The monoisotopic (exact) mass is 248 g/mol. The van der Waals surface area contributed by atoms with Crippen molar-refractivity contribution in [3.05, 3.63) is 35.3 Å². The highest BCUT2D eigenvalue weighted by molar-refractivity contribution is 5.72. The number of aromatic nitrogens is 2. The van der Waals surface area contributed by atoms with Gasteiger partial charge in [0.2, 0.25) is 0 Å². The van der Waals surface area contributed by atoms with Gasteiger partial charge in [0.1, 0.15) is 5.82 Å². The van der Waals surface area contributed by atoms with Crippen LogP contribution in [-0.4, -0.2) is 9.78 Å². The van der Waals surface area contributed by atoms with Crippen molar-refractivity contribution in [1.29, 1.82) is 0 Å². The molecule has 0 unspecified atom stereocenters. The molecule has 0 radical (unpaired) electrons. The van der Waals surface area contributed by atoms with E-state index >= 15 is 0 Å². The van der Waals surface area contributed by atoms with Gasteiger partial charge >= 0.3 is 0 Å². The number of nitrogens with zero attached hydrogens (tertiary/aromatic N) is 2. The van der Waals surface area contributed by atoms with E-state index in [2.05, 4.69) is 10.4 Å². The minimum absolute atomic E-state index is 0.295. The lowest BCUT2D eigenvalue weighted by Crippen LogP contribution is -2.06. The Kier molecular flexibility index (Phi) is 3.23. The number of hydrogen-bond acceptors (Lipinski definition) is 3. The van der Waals surface area contributed by atoms with E-state index in [4.69, 9.17) is 5.73 Å². The maximum atomic E-state index is 13.8. The van der Waals surface area contributed by atoms with Gasteiger partial charge in [-0.1, -0.05) is 12.1 Å². The Morgan fingerprint density at radius 1 is 1.39 bits per heavy atom. The van der Waals surface area contributed by atoms with Gasteiger partial charge in [-0.3, -0.25) is 0 Å². The number of nitrogen functional groups attached to an aromatic ring is 1. The average Bonchev–Trinajstić information content (AvgIpc) is 2.61. The molecule has 0 aliphatic heterocycles. The molecule has 2 rings (SSSR count). The first-order valence-corrected chi connectivity index (χ1v) is 5.89. The largest absolute Gasteiger partial charge is 0.394 e. The lowest BCUT2D eigenvalue weighted by molar-refractivity contribution is 0.628. The molecule has 5 heteroatoms. The second kappa shape index (κ2) is 4.68. The summed E-state index contributed by atoms with van der Waals surface area (Å²) in [6, 6.07) is 4.95. The van der Waals surface area contributed by atoms with Crippen LogP contribution < -0.4 is 11.1 Å². The Balaban J connectivity index is 2.46. The van der Waals surface area contributed by atoms with Crippen LogP contribution in [0.2, 0.25) is 0 Å². The smallest absolute Gasteiger partial charge is 0.152 e. The van der Waals surface area contributed by atoms with Gasteiger partial charge in [-0.2, -0.15) is 5.10 Å². The van der Waals surface area contributed by atoms with Crippen LogP contribution in [0.3, 0.4) is 0 Å². The van der Waals surface area contributed by atoms with E-state index in [0.29, 0.717) is 23.7 Å². The van der Waals surface area contributed by atoms with E-state index in [9.17, 15) is 4.39 Å². The standard InChI is InChI=1S/C13H17FN4/c1-4-18-13(11(15)9(3)17-18)16-12-8(2)6-5-7-10(12)14/h5-7,16H,4,15H2,1-3H3. The van der Waals surface area contributed by atoms with Gasteiger partial charge in [0.25, 0.3) is 0 Å². The number of halogens is 1. The SMILES string of the molecule is CCn1nc(C)c(N)c1Nc1c(C)cccc1F. The highest BCUT2D eigenvalue weighted by Gasteiger charge is 2.14. The van der Waals surface area contributed by atoms with Crippen molar-refractivity contribution >= 4 is 17.2 Å². The van der Waals surface area contributed by atoms with Gasteiger partial charge in [-0.15, -0.1) is 0 Å². The molecule has 0 spiro atoms. The molecular formula is C13H17FN4. The van der Waals surface area contributed by atoms with Crippen LogP contribution in [0, 0.1) is 19.7 Å². The lowest BCUT2D eigenvalue weighted by Gasteiger charge is -2.12. The van der Waals surface area contributed by atoms with Gasteiger partial charge in [0.05, 0.1) is 17.1 Å². The number of aryl methyl sites for hydroxylation is 3. The van der Waals surface area contributed by atoms with Gasteiger partial charge in [0, 0.05) is 6.54 Å². The van der Waals surface area contributed by atoms with Crippen LogP contribution in [0.4, 0.5) is 21.6 Å². The predicted molar refractivity (Wildman–Crippen MR) is 71.5 cm³/mol. The van der Waals surface area contributed by atoms with Crippen LogP contribution >= 0.6 is 0 Å². The second-order valence-electron chi connectivity index (χ2n) is 4.22. The van der Waals surface area contributed by atoms with Crippen molar-refractivity contribution in [2.75, 3.05) is 11.1 Å². The van der Waals surface area contributed by atoms with E-state index in [1.54, 1.807) is 10.7 Å². The van der Waals surface area contributed by atoms with Crippen LogP contribution in [0.15, 0.2) is 18.2 Å². The summed E-state index contributed by atoms with van der Waals surface area (Å²) in [6.07, 6.45) is 0. The molecule has 0 aliphatic rings. The molecule has 0 fully saturated rings. The average molecular weight is 248 g/mol. The first-order valence-electron chi connectivity index (χ1n) is 5.89. The van der Waals surface area contributed by atoms with E-state index in [0.717, 1.165) is 11.3 Å². The van der Waals surface area contributed by atoms with Crippen molar-refractivity contribution in [3.63, 3.8) is 0 Å². The van der Waals surface area contributed by atoms with Gasteiger partial charge in [0.15, 0.2) is 5.82 Å². The molecule has 0 bridgehead atoms. The molecule has 0 atom stereocenters. The summed E-state index contributed by atoms with van der Waals surface area (Å²) in [4.78, 5) is 0. The number of anilines is 3. The summed E-state index contributed by atoms with van der Waals surface area (Å²) in [5.41, 5.74) is 8.53. The molecule has 0 amide bonds. The van der Waals surface area contributed by atoms with Gasteiger partial charge < -0.3 is 11.1 Å². The third kappa shape index (κ3) is 2.03. The number of hydrogen-bond donors (Lipinski definition) is 2. The molecule has 1 heterocycles. The Hall–Kier alpha value is -2.04. The zero-order valence-corrected chi connectivity index (χ0v) is 10.8. The summed E-state index contributed by atoms with van der Waals surface area (Å²) in [6.45, 7) is 6.32. The maximum absolute atomic E-state index is 13.8. The zero-order valence-electron chi connectivity index (χ0n) is 10.8. The fraction of sp³-hybridized carbons (Fsp3) is 0.308. The topological polar surface area (TPSA) is 55.9 Å². The van der Waals surface area contributed by atoms with E-state index in [1.807, 2.05) is 26.8 Å². The van der Waals surface area contributed by atoms with Crippen molar-refractivity contribution in [1.82, 2.24) is 9.78 Å². The molecule has 1 aromatic heterocycles. The number of rotatable bonds is 3. The predicted octanol–water partition coefficient (Wildman–Crippen LogP) is 2.98. The third-order valence-electron chi connectivity index (χ3n) is 2.94. The summed E-state index contributed by atoms with van der Waals surface area (Å²) >= 11 is 0.